The SMILES string of the molecule is COC(=O)C1=C(C)NC2=C(C(=O)C3(Oc4c(Cl)c(OC)cc(OC)c4C3=O)C(C)C2)C1c1ccc(OC)c(O)c1. The van der Waals surface area contributed by atoms with E-state index < -0.39 is 35.0 Å². The Bertz CT molecular complexity index is 1540. The van der Waals surface area contributed by atoms with Crippen molar-refractivity contribution in [1.82, 2.24) is 5.32 Å². The largest absolute Gasteiger partial charge is 0.504 e. The molecular weight excluding hydrogens is 542 g/mol. The van der Waals surface area contributed by atoms with Crippen molar-refractivity contribution in [2.45, 2.75) is 31.8 Å². The van der Waals surface area contributed by atoms with Gasteiger partial charge in [-0.1, -0.05) is 24.6 Å². The molecule has 0 bridgehead atoms. The number of fused-ring (bicyclic) bond motifs is 1. The third-order valence-electron chi connectivity index (χ3n) is 7.79. The zero-order chi connectivity index (χ0) is 29.1. The van der Waals surface area contributed by atoms with Crippen LogP contribution in [0.4, 0.5) is 0 Å². The van der Waals surface area contributed by atoms with Crippen molar-refractivity contribution in [1.29, 1.82) is 0 Å². The third-order valence-corrected chi connectivity index (χ3v) is 8.15. The zero-order valence-corrected chi connectivity index (χ0v) is 23.5. The number of Topliss-reactive ketones (excluding diaryl/α,β-unsaturated/α-hetero) is 2. The van der Waals surface area contributed by atoms with Crippen LogP contribution in [0.5, 0.6) is 28.7 Å². The molecule has 0 radical (unpaired) electrons. The second kappa shape index (κ2) is 9.78. The highest BCUT2D eigenvalue weighted by Crippen LogP contribution is 2.56. The van der Waals surface area contributed by atoms with E-state index in [9.17, 15) is 19.5 Å². The van der Waals surface area contributed by atoms with Crippen molar-refractivity contribution in [3.05, 3.63) is 63.0 Å². The van der Waals surface area contributed by atoms with E-state index in [1.165, 1.54) is 46.6 Å². The van der Waals surface area contributed by atoms with Crippen molar-refractivity contribution >= 4 is 29.1 Å². The van der Waals surface area contributed by atoms with E-state index in [4.69, 9.17) is 35.3 Å². The van der Waals surface area contributed by atoms with Gasteiger partial charge in [0.15, 0.2) is 17.2 Å². The number of aromatic hydroxyl groups is 1. The number of phenols is 1. The molecular formula is C29H28ClNO9. The normalized spacial score (nSPS) is 23.4. The minimum absolute atomic E-state index is 0.00515. The molecule has 0 saturated heterocycles. The second-order valence-electron chi connectivity index (χ2n) is 9.81. The quantitative estimate of drug-likeness (QED) is 0.401. The van der Waals surface area contributed by atoms with Crippen LogP contribution in [-0.2, 0) is 14.3 Å². The van der Waals surface area contributed by atoms with E-state index in [1.54, 1.807) is 19.9 Å². The maximum atomic E-state index is 14.7. The molecule has 2 aliphatic heterocycles. The minimum Gasteiger partial charge on any atom is -0.504 e. The Morgan fingerprint density at radius 2 is 1.73 bits per heavy atom. The summed E-state index contributed by atoms with van der Waals surface area (Å²) in [7, 11) is 5.45. The molecule has 3 atom stereocenters. The monoisotopic (exact) mass is 569 g/mol. The number of methoxy groups -OCH3 is 4. The molecule has 0 aromatic heterocycles. The summed E-state index contributed by atoms with van der Waals surface area (Å²) in [5, 5.41) is 13.8. The van der Waals surface area contributed by atoms with Crippen molar-refractivity contribution in [3.63, 3.8) is 0 Å². The lowest BCUT2D eigenvalue weighted by Crippen LogP contribution is -2.58. The first-order valence-corrected chi connectivity index (χ1v) is 12.8. The van der Waals surface area contributed by atoms with E-state index in [2.05, 4.69) is 5.32 Å². The Balaban J connectivity index is 1.72. The topological polar surface area (TPSA) is 130 Å². The number of hydrogen-bond donors (Lipinski definition) is 2. The molecule has 5 rings (SSSR count). The Morgan fingerprint density at radius 1 is 1.05 bits per heavy atom. The van der Waals surface area contributed by atoms with E-state index in [0.29, 0.717) is 17.0 Å². The molecule has 2 N–H and O–H groups in total. The third kappa shape index (κ3) is 3.66. The number of ether oxygens (including phenoxy) is 5. The Labute approximate surface area is 235 Å². The first-order valence-electron chi connectivity index (χ1n) is 12.4. The maximum Gasteiger partial charge on any atom is 0.336 e. The number of hydrogen-bond acceptors (Lipinski definition) is 10. The van der Waals surface area contributed by atoms with Crippen LogP contribution < -0.4 is 24.3 Å². The molecule has 2 heterocycles. The van der Waals surface area contributed by atoms with Crippen molar-refractivity contribution in [3.8, 4) is 28.7 Å². The number of dihydropyridines is 1. The number of carbonyl (C=O) groups excluding carboxylic acids is 3. The Morgan fingerprint density at radius 3 is 2.33 bits per heavy atom. The van der Waals surface area contributed by atoms with Gasteiger partial charge in [-0.05, 0) is 31.0 Å². The summed E-state index contributed by atoms with van der Waals surface area (Å²) in [5.41, 5.74) is -0.188. The predicted octanol–water partition coefficient (Wildman–Crippen LogP) is 4.08. The van der Waals surface area contributed by atoms with Crippen LogP contribution in [0, 0.1) is 5.92 Å². The van der Waals surface area contributed by atoms with Crippen LogP contribution in [0.25, 0.3) is 0 Å². The van der Waals surface area contributed by atoms with E-state index >= 15 is 0 Å². The van der Waals surface area contributed by atoms with Crippen LogP contribution >= 0.6 is 11.6 Å². The van der Waals surface area contributed by atoms with Gasteiger partial charge >= 0.3 is 5.97 Å². The summed E-state index contributed by atoms with van der Waals surface area (Å²) in [5.74, 6) is -3.12. The number of carbonyl (C=O) groups is 3. The van der Waals surface area contributed by atoms with Gasteiger partial charge in [0.25, 0.3) is 0 Å². The first kappa shape index (κ1) is 27.4. The van der Waals surface area contributed by atoms with Gasteiger partial charge in [0.05, 0.1) is 34.0 Å². The molecule has 2 aromatic carbocycles. The standard InChI is InChI=1S/C29H28ClNO9/c1-12-9-15-22(21(20(13(2)31-15)28(35)39-6)14-7-8-17(36-3)16(32)10-14)26(33)29(12)27(34)23-18(37-4)11-19(38-5)24(30)25(23)40-29/h7-8,10-12,21,31-32H,9H2,1-6H3. The van der Waals surface area contributed by atoms with Crippen LogP contribution in [0.15, 0.2) is 46.8 Å². The molecule has 3 unspecified atom stereocenters. The lowest BCUT2D eigenvalue weighted by atomic mass is 9.65. The molecule has 1 spiro atoms. The highest BCUT2D eigenvalue weighted by atomic mass is 35.5. The molecule has 3 aliphatic rings. The maximum absolute atomic E-state index is 14.7. The molecule has 11 heteroatoms. The fourth-order valence-corrected chi connectivity index (χ4v) is 6.14. The van der Waals surface area contributed by atoms with E-state index in [0.717, 1.165) is 0 Å². The van der Waals surface area contributed by atoms with Gasteiger partial charge in [0.1, 0.15) is 22.1 Å². The van der Waals surface area contributed by atoms with Crippen molar-refractivity contribution < 1.29 is 43.2 Å². The van der Waals surface area contributed by atoms with E-state index in [1.807, 2.05) is 0 Å². The Kier molecular flexibility index (Phi) is 6.70. The number of phenolic OH excluding ortho intramolecular Hbond substituents is 1. The van der Waals surface area contributed by atoms with Crippen LogP contribution in [0.2, 0.25) is 5.02 Å². The number of ketones is 2. The summed E-state index contributed by atoms with van der Waals surface area (Å²) in [6, 6.07) is 6.07. The summed E-state index contributed by atoms with van der Waals surface area (Å²) < 4.78 is 27.3. The average molecular weight is 570 g/mol. The fraction of sp³-hybridized carbons (Fsp3) is 0.345. The van der Waals surface area contributed by atoms with Gasteiger partial charge in [-0.25, -0.2) is 4.79 Å². The summed E-state index contributed by atoms with van der Waals surface area (Å²) in [6.45, 7) is 3.45. The number of esters is 1. The lowest BCUT2D eigenvalue weighted by molar-refractivity contribution is -0.136. The second-order valence-corrected chi connectivity index (χ2v) is 10.2. The molecule has 0 amide bonds. The molecule has 40 heavy (non-hydrogen) atoms. The van der Waals surface area contributed by atoms with Crippen LogP contribution in [0.1, 0.15) is 42.1 Å². The van der Waals surface area contributed by atoms with Crippen molar-refractivity contribution in [2.24, 2.45) is 5.92 Å². The number of halogens is 1. The molecule has 0 fully saturated rings. The van der Waals surface area contributed by atoms with Gasteiger partial charge in [-0.3, -0.25) is 9.59 Å². The first-order chi connectivity index (χ1) is 19.0. The number of rotatable bonds is 5. The van der Waals surface area contributed by atoms with Gasteiger partial charge in [-0.2, -0.15) is 0 Å². The predicted molar refractivity (Wildman–Crippen MR) is 143 cm³/mol. The van der Waals surface area contributed by atoms with E-state index in [-0.39, 0.29) is 56.9 Å². The van der Waals surface area contributed by atoms with Gasteiger partial charge in [0.2, 0.25) is 17.2 Å². The molecule has 0 saturated carbocycles. The van der Waals surface area contributed by atoms with Crippen LogP contribution in [0.3, 0.4) is 0 Å². The minimum atomic E-state index is -1.98. The number of allylic oxidation sites excluding steroid dienone is 2. The zero-order valence-electron chi connectivity index (χ0n) is 22.8. The summed E-state index contributed by atoms with van der Waals surface area (Å²) >= 11 is 6.56. The fourth-order valence-electron chi connectivity index (χ4n) is 5.88. The summed E-state index contributed by atoms with van der Waals surface area (Å²) in [6.07, 6.45) is 0.238. The molecule has 1 aliphatic carbocycles. The highest BCUT2D eigenvalue weighted by Gasteiger charge is 2.63. The highest BCUT2D eigenvalue weighted by molar-refractivity contribution is 6.36. The van der Waals surface area contributed by atoms with Crippen LogP contribution in [-0.4, -0.2) is 56.7 Å². The average Bonchev–Trinajstić information content (AvgIpc) is 3.25. The Hall–Kier alpha value is -4.18. The molecule has 2 aromatic rings. The smallest absolute Gasteiger partial charge is 0.336 e. The lowest BCUT2D eigenvalue weighted by Gasteiger charge is -2.42. The van der Waals surface area contributed by atoms with Gasteiger partial charge in [-0.15, -0.1) is 0 Å². The number of nitrogens with one attached hydrogen (secondary N) is 1. The molecule has 210 valence electrons. The van der Waals surface area contributed by atoms with Gasteiger partial charge in [0, 0.05) is 34.9 Å². The summed E-state index contributed by atoms with van der Waals surface area (Å²) in [4.78, 5) is 41.9. The van der Waals surface area contributed by atoms with Crippen molar-refractivity contribution in [2.75, 3.05) is 28.4 Å². The molecule has 10 nitrogen and oxygen atoms in total. The van der Waals surface area contributed by atoms with Gasteiger partial charge < -0.3 is 34.1 Å². The number of benzene rings is 2.